The Hall–Kier alpha value is -1.20. The van der Waals surface area contributed by atoms with Gasteiger partial charge in [0, 0.05) is 6.07 Å². The van der Waals surface area contributed by atoms with Crippen molar-refractivity contribution in [2.75, 3.05) is 19.8 Å². The second-order valence-corrected chi connectivity index (χ2v) is 4.11. The van der Waals surface area contributed by atoms with E-state index in [0.717, 1.165) is 18.2 Å². The van der Waals surface area contributed by atoms with Gasteiger partial charge in [-0.25, -0.2) is 8.78 Å². The summed E-state index contributed by atoms with van der Waals surface area (Å²) in [5, 5.41) is 12.2. The van der Waals surface area contributed by atoms with Gasteiger partial charge in [-0.3, -0.25) is 0 Å². The molecule has 0 aliphatic heterocycles. The Balaban J connectivity index is 2.68. The summed E-state index contributed by atoms with van der Waals surface area (Å²) in [7, 11) is 0. The lowest BCUT2D eigenvalue weighted by Crippen LogP contribution is -2.50. The highest BCUT2D eigenvalue weighted by atomic mass is 19.1. The molecule has 0 saturated heterocycles. The molecule has 0 saturated carbocycles. The number of halogens is 2. The molecule has 1 aromatic rings. The van der Waals surface area contributed by atoms with Gasteiger partial charge in [-0.15, -0.1) is 0 Å². The normalized spacial score (nSPS) is 14.4. The van der Waals surface area contributed by atoms with Crippen molar-refractivity contribution in [3.63, 3.8) is 0 Å². The van der Waals surface area contributed by atoms with Gasteiger partial charge in [0.1, 0.15) is 12.4 Å². The Labute approximate surface area is 99.4 Å². The van der Waals surface area contributed by atoms with Crippen LogP contribution in [0.2, 0.25) is 0 Å². The zero-order valence-electron chi connectivity index (χ0n) is 9.96. The molecule has 0 heterocycles. The molecule has 1 rings (SSSR count). The number of aliphatic hydroxyl groups is 1. The maximum absolute atomic E-state index is 13.3. The van der Waals surface area contributed by atoms with Crippen LogP contribution in [0.15, 0.2) is 18.2 Å². The quantitative estimate of drug-likeness (QED) is 0.801. The first-order chi connectivity index (χ1) is 8.00. The number of rotatable bonds is 6. The van der Waals surface area contributed by atoms with E-state index in [4.69, 9.17) is 4.74 Å². The van der Waals surface area contributed by atoms with Crippen LogP contribution in [0.4, 0.5) is 8.78 Å². The van der Waals surface area contributed by atoms with Crippen molar-refractivity contribution in [2.24, 2.45) is 0 Å². The maximum atomic E-state index is 13.3. The highest BCUT2D eigenvalue weighted by Gasteiger charge is 2.23. The molecule has 96 valence electrons. The molecule has 0 spiro atoms. The van der Waals surface area contributed by atoms with Crippen molar-refractivity contribution in [1.82, 2.24) is 5.32 Å². The van der Waals surface area contributed by atoms with Crippen molar-refractivity contribution in [3.05, 3.63) is 29.8 Å². The molecule has 2 N–H and O–H groups in total. The van der Waals surface area contributed by atoms with Gasteiger partial charge in [0.05, 0.1) is 12.1 Å². The number of nitrogens with one attached hydrogen (secondary N) is 1. The average Bonchev–Trinajstić information content (AvgIpc) is 2.31. The number of aliphatic hydroxyl groups excluding tert-OH is 1. The molecule has 17 heavy (non-hydrogen) atoms. The molecule has 0 aliphatic rings. The number of hydrogen-bond acceptors (Lipinski definition) is 3. The first kappa shape index (κ1) is 13.9. The SMILES string of the molecule is CCNC(C)(CO)COc1cc(F)ccc1F. The largest absolute Gasteiger partial charge is 0.488 e. The number of hydrogen-bond donors (Lipinski definition) is 2. The third-order valence-electron chi connectivity index (χ3n) is 2.39. The fraction of sp³-hybridized carbons (Fsp3) is 0.500. The minimum atomic E-state index is -0.673. The van der Waals surface area contributed by atoms with Crippen LogP contribution in [0.1, 0.15) is 13.8 Å². The molecule has 0 amide bonds. The van der Waals surface area contributed by atoms with E-state index in [0.29, 0.717) is 6.54 Å². The number of likely N-dealkylation sites (N-methyl/N-ethyl adjacent to an activating group) is 1. The molecule has 0 aliphatic carbocycles. The van der Waals surface area contributed by atoms with Crippen LogP contribution in [0.25, 0.3) is 0 Å². The molecule has 1 unspecified atom stereocenters. The van der Waals surface area contributed by atoms with Crippen molar-refractivity contribution >= 4 is 0 Å². The van der Waals surface area contributed by atoms with E-state index in [2.05, 4.69) is 5.32 Å². The Bertz CT molecular complexity index is 374. The lowest BCUT2D eigenvalue weighted by atomic mass is 10.1. The molecule has 0 radical (unpaired) electrons. The second kappa shape index (κ2) is 5.93. The topological polar surface area (TPSA) is 41.5 Å². The zero-order valence-corrected chi connectivity index (χ0v) is 9.96. The molecule has 0 fully saturated rings. The van der Waals surface area contributed by atoms with E-state index in [1.54, 1.807) is 6.92 Å². The first-order valence-corrected chi connectivity index (χ1v) is 5.44. The lowest BCUT2D eigenvalue weighted by molar-refractivity contribution is 0.115. The molecule has 1 aromatic carbocycles. The van der Waals surface area contributed by atoms with E-state index in [1.807, 2.05) is 6.92 Å². The summed E-state index contributed by atoms with van der Waals surface area (Å²) in [6.07, 6.45) is 0. The van der Waals surface area contributed by atoms with Crippen molar-refractivity contribution in [2.45, 2.75) is 19.4 Å². The van der Waals surface area contributed by atoms with Gasteiger partial charge >= 0.3 is 0 Å². The summed E-state index contributed by atoms with van der Waals surface area (Å²) < 4.78 is 31.3. The van der Waals surface area contributed by atoms with E-state index in [9.17, 15) is 13.9 Å². The summed E-state index contributed by atoms with van der Waals surface area (Å²) in [5.41, 5.74) is -0.673. The van der Waals surface area contributed by atoms with Crippen LogP contribution >= 0.6 is 0 Å². The third kappa shape index (κ3) is 3.94. The molecule has 5 heteroatoms. The van der Waals surface area contributed by atoms with Crippen LogP contribution in [-0.4, -0.2) is 30.4 Å². The predicted molar refractivity (Wildman–Crippen MR) is 61.0 cm³/mol. The molecule has 0 aromatic heterocycles. The van der Waals surface area contributed by atoms with E-state index < -0.39 is 17.2 Å². The van der Waals surface area contributed by atoms with E-state index in [1.165, 1.54) is 0 Å². The summed E-state index contributed by atoms with van der Waals surface area (Å²) >= 11 is 0. The summed E-state index contributed by atoms with van der Waals surface area (Å²) in [6, 6.07) is 3.02. The molecular formula is C12H17F2NO2. The van der Waals surface area contributed by atoms with E-state index in [-0.39, 0.29) is 19.0 Å². The monoisotopic (exact) mass is 245 g/mol. The lowest BCUT2D eigenvalue weighted by Gasteiger charge is -2.28. The highest BCUT2D eigenvalue weighted by molar-refractivity contribution is 5.25. The van der Waals surface area contributed by atoms with Crippen LogP contribution < -0.4 is 10.1 Å². The summed E-state index contributed by atoms with van der Waals surface area (Å²) in [5.74, 6) is -1.33. The predicted octanol–water partition coefficient (Wildman–Crippen LogP) is 1.70. The number of ether oxygens (including phenoxy) is 1. The maximum Gasteiger partial charge on any atom is 0.165 e. The van der Waals surface area contributed by atoms with Crippen LogP contribution in [0, 0.1) is 11.6 Å². The highest BCUT2D eigenvalue weighted by Crippen LogP contribution is 2.19. The van der Waals surface area contributed by atoms with Gasteiger partial charge < -0.3 is 15.2 Å². The van der Waals surface area contributed by atoms with Gasteiger partial charge in [0.15, 0.2) is 11.6 Å². The number of benzene rings is 1. The van der Waals surface area contributed by atoms with Crippen molar-refractivity contribution in [1.29, 1.82) is 0 Å². The Morgan fingerprint density at radius 1 is 1.41 bits per heavy atom. The molecule has 0 bridgehead atoms. The standard InChI is InChI=1S/C12H17F2NO2/c1-3-15-12(2,7-16)8-17-11-6-9(13)4-5-10(11)14/h4-6,15-16H,3,7-8H2,1-2H3. The minimum absolute atomic E-state index is 0.0533. The minimum Gasteiger partial charge on any atom is -0.488 e. The van der Waals surface area contributed by atoms with Crippen LogP contribution in [-0.2, 0) is 0 Å². The summed E-state index contributed by atoms with van der Waals surface area (Å²) in [4.78, 5) is 0. The van der Waals surface area contributed by atoms with Crippen molar-refractivity contribution < 1.29 is 18.6 Å². The first-order valence-electron chi connectivity index (χ1n) is 5.44. The Morgan fingerprint density at radius 3 is 2.71 bits per heavy atom. The van der Waals surface area contributed by atoms with E-state index >= 15 is 0 Å². The smallest absolute Gasteiger partial charge is 0.165 e. The fourth-order valence-corrected chi connectivity index (χ4v) is 1.40. The molecule has 1 atom stereocenters. The van der Waals surface area contributed by atoms with Gasteiger partial charge in [0.2, 0.25) is 0 Å². The van der Waals surface area contributed by atoms with Crippen molar-refractivity contribution in [3.8, 4) is 5.75 Å². The Morgan fingerprint density at radius 2 is 2.12 bits per heavy atom. The van der Waals surface area contributed by atoms with Gasteiger partial charge in [0.25, 0.3) is 0 Å². The third-order valence-corrected chi connectivity index (χ3v) is 2.39. The average molecular weight is 245 g/mol. The summed E-state index contributed by atoms with van der Waals surface area (Å²) in [6.45, 7) is 4.17. The zero-order chi connectivity index (χ0) is 12.9. The van der Waals surface area contributed by atoms with Gasteiger partial charge in [-0.1, -0.05) is 6.92 Å². The Kier molecular flexibility index (Phi) is 4.84. The second-order valence-electron chi connectivity index (χ2n) is 4.11. The van der Waals surface area contributed by atoms with Crippen LogP contribution in [0.5, 0.6) is 5.75 Å². The van der Waals surface area contributed by atoms with Gasteiger partial charge in [-0.05, 0) is 25.6 Å². The van der Waals surface area contributed by atoms with Gasteiger partial charge in [-0.2, -0.15) is 0 Å². The van der Waals surface area contributed by atoms with Crippen LogP contribution in [0.3, 0.4) is 0 Å². The fourth-order valence-electron chi connectivity index (χ4n) is 1.40. The molecular weight excluding hydrogens is 228 g/mol. The molecule has 3 nitrogen and oxygen atoms in total.